The average molecular weight is 219 g/mol. The van der Waals surface area contributed by atoms with Crippen molar-refractivity contribution in [2.24, 2.45) is 11.7 Å². The number of benzene rings is 1. The summed E-state index contributed by atoms with van der Waals surface area (Å²) in [6.07, 6.45) is 4.70. The molecule has 0 aliphatic carbocycles. The third kappa shape index (κ3) is 3.97. The minimum absolute atomic E-state index is 0.347. The molecule has 2 unspecified atom stereocenters. The Morgan fingerprint density at radius 3 is 2.50 bits per heavy atom. The zero-order chi connectivity index (χ0) is 12.0. The molecule has 1 aromatic rings. The highest BCUT2D eigenvalue weighted by Crippen LogP contribution is 2.16. The number of aryl methyl sites for hydroxylation is 2. The zero-order valence-electron chi connectivity index (χ0n) is 10.9. The predicted octanol–water partition coefficient (Wildman–Crippen LogP) is 3.69. The SMILES string of the molecule is CCCC(C)C(N)CCc1ccccc1C. The van der Waals surface area contributed by atoms with Gasteiger partial charge in [-0.1, -0.05) is 44.5 Å². The van der Waals surface area contributed by atoms with Crippen LogP contribution in [0.1, 0.15) is 44.2 Å². The Morgan fingerprint density at radius 2 is 1.88 bits per heavy atom. The lowest BCUT2D eigenvalue weighted by atomic mass is 9.92. The highest BCUT2D eigenvalue weighted by molar-refractivity contribution is 5.25. The van der Waals surface area contributed by atoms with Crippen molar-refractivity contribution in [3.8, 4) is 0 Å². The summed E-state index contributed by atoms with van der Waals surface area (Å²) in [5.41, 5.74) is 9.03. The Morgan fingerprint density at radius 1 is 1.19 bits per heavy atom. The standard InChI is InChI=1S/C15H25N/c1-4-7-13(3)15(16)11-10-14-9-6-5-8-12(14)2/h5-6,8-9,13,15H,4,7,10-11,16H2,1-3H3. The van der Waals surface area contributed by atoms with Gasteiger partial charge in [0.15, 0.2) is 0 Å². The van der Waals surface area contributed by atoms with Crippen LogP contribution >= 0.6 is 0 Å². The molecule has 0 aliphatic heterocycles. The van der Waals surface area contributed by atoms with Gasteiger partial charge in [0.25, 0.3) is 0 Å². The molecule has 2 atom stereocenters. The first-order valence-corrected chi connectivity index (χ1v) is 6.45. The first kappa shape index (κ1) is 13.2. The molecule has 90 valence electrons. The summed E-state index contributed by atoms with van der Waals surface area (Å²) in [4.78, 5) is 0. The van der Waals surface area contributed by atoms with Gasteiger partial charge in [0.05, 0.1) is 0 Å². The minimum Gasteiger partial charge on any atom is -0.327 e. The highest BCUT2D eigenvalue weighted by atomic mass is 14.6. The Hall–Kier alpha value is -0.820. The van der Waals surface area contributed by atoms with Crippen molar-refractivity contribution in [3.63, 3.8) is 0 Å². The van der Waals surface area contributed by atoms with E-state index in [1.807, 2.05) is 0 Å². The summed E-state index contributed by atoms with van der Waals surface area (Å²) < 4.78 is 0. The molecule has 0 fully saturated rings. The molecule has 0 spiro atoms. The zero-order valence-corrected chi connectivity index (χ0v) is 10.9. The van der Waals surface area contributed by atoms with E-state index in [1.54, 1.807) is 0 Å². The number of hydrogen-bond donors (Lipinski definition) is 1. The number of rotatable bonds is 6. The Labute approximate surface area is 100 Å². The molecule has 0 saturated heterocycles. The fourth-order valence-corrected chi connectivity index (χ4v) is 2.17. The van der Waals surface area contributed by atoms with E-state index in [2.05, 4.69) is 45.0 Å². The fraction of sp³-hybridized carbons (Fsp3) is 0.600. The van der Waals surface area contributed by atoms with Gasteiger partial charge in [0.2, 0.25) is 0 Å². The van der Waals surface area contributed by atoms with Crippen LogP contribution in [0.3, 0.4) is 0 Å². The van der Waals surface area contributed by atoms with Gasteiger partial charge in [-0.15, -0.1) is 0 Å². The van der Waals surface area contributed by atoms with Crippen molar-refractivity contribution in [2.45, 2.75) is 52.5 Å². The van der Waals surface area contributed by atoms with Crippen LogP contribution in [0.25, 0.3) is 0 Å². The maximum atomic E-state index is 6.20. The van der Waals surface area contributed by atoms with E-state index in [0.29, 0.717) is 12.0 Å². The summed E-state index contributed by atoms with van der Waals surface area (Å²) in [5.74, 6) is 0.647. The lowest BCUT2D eigenvalue weighted by Crippen LogP contribution is -2.28. The van der Waals surface area contributed by atoms with Crippen molar-refractivity contribution in [1.82, 2.24) is 0 Å². The molecule has 1 aromatic carbocycles. The summed E-state index contributed by atoms with van der Waals surface area (Å²) in [6, 6.07) is 8.95. The summed E-state index contributed by atoms with van der Waals surface area (Å²) in [5, 5.41) is 0. The second-order valence-electron chi connectivity index (χ2n) is 4.89. The van der Waals surface area contributed by atoms with Gasteiger partial charge < -0.3 is 5.73 Å². The van der Waals surface area contributed by atoms with Crippen molar-refractivity contribution in [3.05, 3.63) is 35.4 Å². The molecule has 16 heavy (non-hydrogen) atoms. The Kier molecular flexibility index (Phi) is 5.54. The second-order valence-corrected chi connectivity index (χ2v) is 4.89. The summed E-state index contributed by atoms with van der Waals surface area (Å²) in [6.45, 7) is 6.67. The number of nitrogens with two attached hydrogens (primary N) is 1. The van der Waals surface area contributed by atoms with Crippen LogP contribution in [0.15, 0.2) is 24.3 Å². The van der Waals surface area contributed by atoms with E-state index < -0.39 is 0 Å². The molecule has 1 rings (SSSR count). The van der Waals surface area contributed by atoms with E-state index in [9.17, 15) is 0 Å². The third-order valence-corrected chi connectivity index (χ3v) is 3.48. The molecule has 0 aromatic heterocycles. The molecule has 0 saturated carbocycles. The Bertz CT molecular complexity index is 306. The maximum Gasteiger partial charge on any atom is 0.00676 e. The van der Waals surface area contributed by atoms with Crippen LogP contribution in [0.5, 0.6) is 0 Å². The van der Waals surface area contributed by atoms with Crippen molar-refractivity contribution in [2.75, 3.05) is 0 Å². The van der Waals surface area contributed by atoms with Crippen LogP contribution in [-0.2, 0) is 6.42 Å². The van der Waals surface area contributed by atoms with Crippen LogP contribution in [-0.4, -0.2) is 6.04 Å². The van der Waals surface area contributed by atoms with E-state index >= 15 is 0 Å². The van der Waals surface area contributed by atoms with E-state index in [1.165, 1.54) is 24.0 Å². The quantitative estimate of drug-likeness (QED) is 0.776. The van der Waals surface area contributed by atoms with Crippen molar-refractivity contribution in [1.29, 1.82) is 0 Å². The smallest absolute Gasteiger partial charge is 0.00676 e. The van der Waals surface area contributed by atoms with Crippen molar-refractivity contribution < 1.29 is 0 Å². The Balaban J connectivity index is 2.42. The summed E-state index contributed by atoms with van der Waals surface area (Å²) in [7, 11) is 0. The minimum atomic E-state index is 0.347. The van der Waals surface area contributed by atoms with Gasteiger partial charge in [-0.05, 0) is 43.2 Å². The first-order valence-electron chi connectivity index (χ1n) is 6.45. The van der Waals surface area contributed by atoms with Crippen LogP contribution in [0.4, 0.5) is 0 Å². The van der Waals surface area contributed by atoms with Gasteiger partial charge in [-0.3, -0.25) is 0 Å². The molecule has 1 heteroatoms. The molecular formula is C15H25N. The van der Waals surface area contributed by atoms with E-state index in [-0.39, 0.29) is 0 Å². The molecular weight excluding hydrogens is 194 g/mol. The fourth-order valence-electron chi connectivity index (χ4n) is 2.17. The van der Waals surface area contributed by atoms with Crippen LogP contribution in [0.2, 0.25) is 0 Å². The largest absolute Gasteiger partial charge is 0.327 e. The van der Waals surface area contributed by atoms with Crippen LogP contribution in [0, 0.1) is 12.8 Å². The first-order chi connectivity index (χ1) is 7.65. The molecule has 1 nitrogen and oxygen atoms in total. The van der Waals surface area contributed by atoms with Crippen LogP contribution < -0.4 is 5.73 Å². The summed E-state index contributed by atoms with van der Waals surface area (Å²) >= 11 is 0. The van der Waals surface area contributed by atoms with E-state index in [0.717, 1.165) is 12.8 Å². The highest BCUT2D eigenvalue weighted by Gasteiger charge is 2.11. The molecule has 2 N–H and O–H groups in total. The number of hydrogen-bond acceptors (Lipinski definition) is 1. The van der Waals surface area contributed by atoms with Gasteiger partial charge in [0.1, 0.15) is 0 Å². The molecule has 0 radical (unpaired) electrons. The molecule has 0 bridgehead atoms. The third-order valence-electron chi connectivity index (χ3n) is 3.48. The normalized spacial score (nSPS) is 14.8. The van der Waals surface area contributed by atoms with Gasteiger partial charge in [-0.25, -0.2) is 0 Å². The second kappa shape index (κ2) is 6.70. The van der Waals surface area contributed by atoms with Crippen molar-refractivity contribution >= 4 is 0 Å². The molecule has 0 heterocycles. The van der Waals surface area contributed by atoms with E-state index in [4.69, 9.17) is 5.73 Å². The molecule has 0 aliphatic rings. The molecule has 0 amide bonds. The lowest BCUT2D eigenvalue weighted by molar-refractivity contribution is 0.402. The topological polar surface area (TPSA) is 26.0 Å². The maximum absolute atomic E-state index is 6.20. The monoisotopic (exact) mass is 219 g/mol. The van der Waals surface area contributed by atoms with Gasteiger partial charge in [-0.2, -0.15) is 0 Å². The predicted molar refractivity (Wildman–Crippen MR) is 71.5 cm³/mol. The van der Waals surface area contributed by atoms with Gasteiger partial charge >= 0.3 is 0 Å². The average Bonchev–Trinajstić information content (AvgIpc) is 2.28. The van der Waals surface area contributed by atoms with Gasteiger partial charge in [0, 0.05) is 6.04 Å². The lowest BCUT2D eigenvalue weighted by Gasteiger charge is -2.19.